The molecule has 1 N–H and O–H groups in total. The van der Waals surface area contributed by atoms with Crippen LogP contribution in [0.25, 0.3) is 0 Å². The number of carboxylic acid groups (broad SMARTS) is 1. The van der Waals surface area contributed by atoms with Crippen LogP contribution in [0.2, 0.25) is 0 Å². The predicted octanol–water partition coefficient (Wildman–Crippen LogP) is 1.63. The Labute approximate surface area is 114 Å². The molecule has 0 aromatic carbocycles. The van der Waals surface area contributed by atoms with Gasteiger partial charge < -0.3 is 14.9 Å². The Morgan fingerprint density at radius 1 is 1.17 bits per heavy atom. The summed E-state index contributed by atoms with van der Waals surface area (Å²) >= 11 is 5.78. The van der Waals surface area contributed by atoms with Crippen LogP contribution in [0, 0.1) is 0 Å². The zero-order valence-corrected chi connectivity index (χ0v) is 11.6. The molecule has 2 aliphatic rings. The lowest BCUT2D eigenvalue weighted by Gasteiger charge is -2.40. The second-order valence-corrected chi connectivity index (χ2v) is 5.96. The van der Waals surface area contributed by atoms with Crippen molar-refractivity contribution in [2.24, 2.45) is 0 Å². The van der Waals surface area contributed by atoms with Crippen molar-refractivity contribution in [2.75, 3.05) is 32.7 Å². The van der Waals surface area contributed by atoms with E-state index in [1.807, 2.05) is 0 Å². The molecule has 2 rings (SSSR count). The summed E-state index contributed by atoms with van der Waals surface area (Å²) in [6.07, 6.45) is 6.36. The minimum Gasteiger partial charge on any atom is -0.480 e. The van der Waals surface area contributed by atoms with Crippen molar-refractivity contribution in [3.8, 4) is 0 Å². The summed E-state index contributed by atoms with van der Waals surface area (Å²) in [6, 6.07) is 0.708. The molecule has 0 bridgehead atoms. The van der Waals surface area contributed by atoms with Crippen molar-refractivity contribution in [3.63, 3.8) is 0 Å². The number of hydrogen-bond donors (Lipinski definition) is 1. The average Bonchev–Trinajstić information content (AvgIpc) is 2.40. The van der Waals surface area contributed by atoms with Gasteiger partial charge in [-0.1, -0.05) is 6.42 Å². The fourth-order valence-electron chi connectivity index (χ4n) is 3.06. The third-order valence-corrected chi connectivity index (χ3v) is 4.48. The Morgan fingerprint density at radius 2 is 1.78 bits per heavy atom. The van der Waals surface area contributed by atoms with E-state index < -0.39 is 11.3 Å². The average molecular weight is 275 g/mol. The van der Waals surface area contributed by atoms with Gasteiger partial charge >= 0.3 is 5.97 Å². The molecule has 4 nitrogen and oxygen atoms in total. The van der Waals surface area contributed by atoms with E-state index in [2.05, 4.69) is 9.80 Å². The van der Waals surface area contributed by atoms with Crippen molar-refractivity contribution >= 4 is 17.6 Å². The summed E-state index contributed by atoms with van der Waals surface area (Å²) in [4.78, 5) is 15.5. The molecule has 0 aromatic heterocycles. The highest BCUT2D eigenvalue weighted by molar-refractivity contribution is 6.29. The molecule has 1 unspecified atom stereocenters. The lowest BCUT2D eigenvalue weighted by Crippen LogP contribution is -2.48. The molecule has 1 atom stereocenters. The van der Waals surface area contributed by atoms with Gasteiger partial charge in [0.15, 0.2) is 0 Å². The Balaban J connectivity index is 1.72. The van der Waals surface area contributed by atoms with E-state index in [-0.39, 0.29) is 0 Å². The number of nitrogens with zero attached hydrogens (tertiary/aromatic N) is 2. The van der Waals surface area contributed by atoms with Crippen LogP contribution in [0.15, 0.2) is 0 Å². The molecule has 0 amide bonds. The quantitative estimate of drug-likeness (QED) is 0.792. The minimum absolute atomic E-state index is 0.476. The number of aliphatic carboxylic acids is 1. The Hall–Kier alpha value is -0.320. The van der Waals surface area contributed by atoms with Gasteiger partial charge in [0, 0.05) is 12.6 Å². The van der Waals surface area contributed by atoms with E-state index >= 15 is 0 Å². The number of piperidine rings is 2. The highest BCUT2D eigenvalue weighted by Crippen LogP contribution is 2.21. The second-order valence-electron chi connectivity index (χ2n) is 5.43. The second kappa shape index (κ2) is 6.73. The van der Waals surface area contributed by atoms with Gasteiger partial charge in [0.25, 0.3) is 0 Å². The van der Waals surface area contributed by atoms with Gasteiger partial charge in [-0.15, -0.1) is 11.6 Å². The summed E-state index contributed by atoms with van der Waals surface area (Å²) in [5.74, 6) is -0.908. The summed E-state index contributed by atoms with van der Waals surface area (Å²) in [5, 5.41) is 8.03. The molecule has 18 heavy (non-hydrogen) atoms. The van der Waals surface area contributed by atoms with Crippen LogP contribution in [0.1, 0.15) is 32.1 Å². The molecule has 2 aliphatic heterocycles. The van der Waals surface area contributed by atoms with Crippen LogP contribution >= 0.6 is 11.6 Å². The molecule has 0 aromatic rings. The van der Waals surface area contributed by atoms with E-state index in [0.717, 1.165) is 25.9 Å². The van der Waals surface area contributed by atoms with E-state index in [9.17, 15) is 4.79 Å². The number of hydrogen-bond acceptors (Lipinski definition) is 3. The first-order valence-corrected chi connectivity index (χ1v) is 7.44. The molecule has 0 spiro atoms. The smallest absolute Gasteiger partial charge is 0.322 e. The lowest BCUT2D eigenvalue weighted by atomic mass is 10.00. The molecular formula is C13H23ClN2O2. The van der Waals surface area contributed by atoms with Crippen molar-refractivity contribution in [1.82, 2.24) is 9.80 Å². The Bertz CT molecular complexity index is 274. The molecule has 5 heteroatoms. The van der Waals surface area contributed by atoms with Crippen molar-refractivity contribution in [3.05, 3.63) is 0 Å². The molecule has 0 radical (unpaired) electrons. The van der Waals surface area contributed by atoms with Crippen LogP contribution in [-0.2, 0) is 4.79 Å². The van der Waals surface area contributed by atoms with Crippen LogP contribution in [0.5, 0.6) is 0 Å². The van der Waals surface area contributed by atoms with Crippen LogP contribution in [0.3, 0.4) is 0 Å². The third kappa shape index (κ3) is 3.84. The van der Waals surface area contributed by atoms with Gasteiger partial charge in [-0.3, -0.25) is 4.79 Å². The SMILES string of the molecule is O=C(O)C(Cl)CN1CCC(N2CCCCC2)CC1. The number of rotatable bonds is 4. The minimum atomic E-state index is -0.908. The molecule has 0 aliphatic carbocycles. The first-order chi connectivity index (χ1) is 8.66. The van der Waals surface area contributed by atoms with E-state index in [0.29, 0.717) is 12.6 Å². The van der Waals surface area contributed by atoms with Crippen molar-refractivity contribution in [2.45, 2.75) is 43.5 Å². The summed E-state index contributed by atoms with van der Waals surface area (Å²) in [7, 11) is 0. The molecule has 2 saturated heterocycles. The van der Waals surface area contributed by atoms with Crippen molar-refractivity contribution in [1.29, 1.82) is 0 Å². The fraction of sp³-hybridized carbons (Fsp3) is 0.923. The standard InChI is InChI=1S/C13H23ClN2O2/c14-12(13(17)18)10-15-8-4-11(5-9-15)16-6-2-1-3-7-16/h11-12H,1-10H2,(H,17,18). The predicted molar refractivity (Wildman–Crippen MR) is 72.2 cm³/mol. The fourth-order valence-corrected chi connectivity index (χ4v) is 3.25. The topological polar surface area (TPSA) is 43.8 Å². The van der Waals surface area contributed by atoms with Gasteiger partial charge in [0.05, 0.1) is 0 Å². The first-order valence-electron chi connectivity index (χ1n) is 7.00. The summed E-state index contributed by atoms with van der Waals surface area (Å²) in [6.45, 7) is 4.94. The maximum absolute atomic E-state index is 10.7. The van der Waals surface area contributed by atoms with E-state index in [4.69, 9.17) is 16.7 Å². The molecule has 2 heterocycles. The highest BCUT2D eigenvalue weighted by atomic mass is 35.5. The van der Waals surface area contributed by atoms with Crippen molar-refractivity contribution < 1.29 is 9.90 Å². The van der Waals surface area contributed by atoms with Crippen LogP contribution in [-0.4, -0.2) is 65.0 Å². The largest absolute Gasteiger partial charge is 0.480 e. The highest BCUT2D eigenvalue weighted by Gasteiger charge is 2.27. The number of carbonyl (C=O) groups is 1. The molecule has 2 fully saturated rings. The number of carboxylic acids is 1. The number of alkyl halides is 1. The normalized spacial score (nSPS) is 26.1. The van der Waals surface area contributed by atoms with Gasteiger partial charge in [0.2, 0.25) is 0 Å². The van der Waals surface area contributed by atoms with Gasteiger partial charge in [0.1, 0.15) is 5.38 Å². The van der Waals surface area contributed by atoms with Gasteiger partial charge in [-0.2, -0.15) is 0 Å². The van der Waals surface area contributed by atoms with Crippen LogP contribution < -0.4 is 0 Å². The Morgan fingerprint density at radius 3 is 2.33 bits per heavy atom. The maximum atomic E-state index is 10.7. The van der Waals surface area contributed by atoms with E-state index in [1.165, 1.54) is 32.4 Å². The third-order valence-electron chi connectivity index (χ3n) is 4.15. The molecular weight excluding hydrogens is 252 g/mol. The summed E-state index contributed by atoms with van der Waals surface area (Å²) in [5.41, 5.74) is 0. The van der Waals surface area contributed by atoms with Gasteiger partial charge in [-0.05, 0) is 51.9 Å². The van der Waals surface area contributed by atoms with Gasteiger partial charge in [-0.25, -0.2) is 0 Å². The maximum Gasteiger partial charge on any atom is 0.322 e. The molecule has 104 valence electrons. The first kappa shape index (κ1) is 14.1. The molecule has 0 saturated carbocycles. The zero-order valence-electron chi connectivity index (χ0n) is 10.9. The van der Waals surface area contributed by atoms with E-state index in [1.54, 1.807) is 0 Å². The number of halogens is 1. The monoisotopic (exact) mass is 274 g/mol. The zero-order chi connectivity index (χ0) is 13.0. The summed E-state index contributed by atoms with van der Waals surface area (Å²) < 4.78 is 0. The number of likely N-dealkylation sites (tertiary alicyclic amines) is 2. The Kier molecular flexibility index (Phi) is 5.27. The van der Waals surface area contributed by atoms with Crippen LogP contribution in [0.4, 0.5) is 0 Å². The lowest BCUT2D eigenvalue weighted by molar-refractivity contribution is -0.137.